The van der Waals surface area contributed by atoms with Crippen LogP contribution < -0.4 is 0 Å². The van der Waals surface area contributed by atoms with Gasteiger partial charge in [0.2, 0.25) is 0 Å². The van der Waals surface area contributed by atoms with E-state index in [1.807, 2.05) is 0 Å². The van der Waals surface area contributed by atoms with Gasteiger partial charge in [0.05, 0.1) is 0 Å². The maximum Gasteiger partial charge on any atom is 0.155 e. The monoisotopic (exact) mass is 360 g/mol. The predicted molar refractivity (Wildman–Crippen MR) is 94.5 cm³/mol. The maximum atomic E-state index is 12.0. The molecule has 5 heteroatoms. The Hall–Kier alpha value is -1.19. The van der Waals surface area contributed by atoms with Crippen molar-refractivity contribution >= 4 is 5.78 Å². The third kappa shape index (κ3) is 2.16. The number of carbonyl (C=O) groups excluding carboxylic acids is 1. The Morgan fingerprint density at radius 3 is 2.69 bits per heavy atom. The van der Waals surface area contributed by atoms with Gasteiger partial charge in [-0.2, -0.15) is 4.89 Å². The highest BCUT2D eigenvalue weighted by molar-refractivity contribution is 5.92. The van der Waals surface area contributed by atoms with E-state index >= 15 is 0 Å². The van der Waals surface area contributed by atoms with Crippen LogP contribution in [0, 0.1) is 41.4 Å². The van der Waals surface area contributed by atoms with E-state index in [1.54, 1.807) is 6.08 Å². The lowest BCUT2D eigenvalue weighted by Gasteiger charge is -2.59. The molecule has 0 bridgehead atoms. The van der Waals surface area contributed by atoms with Gasteiger partial charge >= 0.3 is 0 Å². The molecule has 0 aromatic heterocycles. The zero-order valence-corrected chi connectivity index (χ0v) is 15.5. The molecule has 4 aliphatic carbocycles. The maximum absolute atomic E-state index is 12.0. The SMILES string of the molecule is C#C[C@]1(O)CC[C@H]2[C@@H]3[C@H](C)CC4=CC(=O)CCC4(OOO)[C@H]3CC[C@@]21C. The topological polar surface area (TPSA) is 76.0 Å². The number of rotatable bonds is 2. The van der Waals surface area contributed by atoms with Crippen molar-refractivity contribution in [2.45, 2.75) is 70.0 Å². The smallest absolute Gasteiger partial charge is 0.155 e. The molecule has 0 aliphatic heterocycles. The lowest BCUT2D eigenvalue weighted by Crippen LogP contribution is -2.60. The van der Waals surface area contributed by atoms with E-state index < -0.39 is 11.2 Å². The van der Waals surface area contributed by atoms with Crippen LogP contribution in [0.4, 0.5) is 0 Å². The van der Waals surface area contributed by atoms with Gasteiger partial charge in [-0.3, -0.25) is 4.79 Å². The first-order valence-electron chi connectivity index (χ1n) is 9.74. The van der Waals surface area contributed by atoms with Crippen molar-refractivity contribution in [3.63, 3.8) is 0 Å². The zero-order valence-electron chi connectivity index (χ0n) is 15.5. The summed E-state index contributed by atoms with van der Waals surface area (Å²) in [6.45, 7) is 4.36. The summed E-state index contributed by atoms with van der Waals surface area (Å²) in [6, 6.07) is 0. The molecule has 0 aromatic carbocycles. The molecule has 0 spiro atoms. The van der Waals surface area contributed by atoms with E-state index in [2.05, 4.69) is 24.8 Å². The van der Waals surface area contributed by atoms with Crippen molar-refractivity contribution in [2.24, 2.45) is 29.1 Å². The van der Waals surface area contributed by atoms with E-state index in [0.29, 0.717) is 37.0 Å². The minimum absolute atomic E-state index is 0.117. The number of hydrogen-bond donors (Lipinski definition) is 2. The van der Waals surface area contributed by atoms with Gasteiger partial charge in [0.1, 0.15) is 11.2 Å². The Labute approximate surface area is 154 Å². The molecule has 26 heavy (non-hydrogen) atoms. The summed E-state index contributed by atoms with van der Waals surface area (Å²) in [5, 5.41) is 24.4. The van der Waals surface area contributed by atoms with Crippen LogP contribution in [0.3, 0.4) is 0 Å². The molecule has 0 aromatic rings. The van der Waals surface area contributed by atoms with E-state index in [4.69, 9.17) is 16.6 Å². The molecule has 0 heterocycles. The highest BCUT2D eigenvalue weighted by Gasteiger charge is 2.66. The molecular formula is C21H28O5. The molecule has 3 fully saturated rings. The van der Waals surface area contributed by atoms with Gasteiger partial charge in [-0.15, -0.1) is 6.42 Å². The van der Waals surface area contributed by atoms with Crippen LogP contribution in [0.25, 0.3) is 0 Å². The molecule has 0 radical (unpaired) electrons. The summed E-state index contributed by atoms with van der Waals surface area (Å²) < 4.78 is 0. The highest BCUT2D eigenvalue weighted by Crippen LogP contribution is 2.67. The van der Waals surface area contributed by atoms with Gasteiger partial charge in [-0.1, -0.05) is 24.8 Å². The summed E-state index contributed by atoms with van der Waals surface area (Å²) in [5.41, 5.74) is -1.14. The molecule has 5 nitrogen and oxygen atoms in total. The van der Waals surface area contributed by atoms with Crippen molar-refractivity contribution in [1.29, 1.82) is 0 Å². The summed E-state index contributed by atoms with van der Waals surface area (Å²) >= 11 is 0. The number of aliphatic hydroxyl groups is 1. The van der Waals surface area contributed by atoms with E-state index in [0.717, 1.165) is 31.3 Å². The highest BCUT2D eigenvalue weighted by atomic mass is 17.5. The Kier molecular flexibility index (Phi) is 4.13. The number of terminal acetylenes is 1. The minimum atomic E-state index is -1.05. The largest absolute Gasteiger partial charge is 0.377 e. The molecule has 4 rings (SSSR count). The first-order valence-corrected chi connectivity index (χ1v) is 9.74. The molecule has 142 valence electrons. The molecule has 3 saturated carbocycles. The third-order valence-electron chi connectivity index (χ3n) is 8.33. The Morgan fingerprint density at radius 2 is 2.00 bits per heavy atom. The minimum Gasteiger partial charge on any atom is -0.377 e. The standard InChI is InChI=1S/C21H28O5/c1-4-20(23)9-7-16-18-13(2)11-14-12-15(22)5-10-21(14,25-26-24)17(18)6-8-19(16,20)3/h1,12-13,16-18,23-24H,5-11H2,2-3H3/t13-,16+,17+,18+,19+,20+,21?/m1/s1. The van der Waals surface area contributed by atoms with Crippen LogP contribution in [0.2, 0.25) is 0 Å². The van der Waals surface area contributed by atoms with Crippen molar-refractivity contribution < 1.29 is 25.1 Å². The average molecular weight is 360 g/mol. The first-order chi connectivity index (χ1) is 12.3. The second-order valence-corrected chi connectivity index (χ2v) is 9.15. The number of carbonyl (C=O) groups is 1. The number of hydrogen-bond acceptors (Lipinski definition) is 5. The number of ketones is 1. The summed E-state index contributed by atoms with van der Waals surface area (Å²) in [6.07, 6.45) is 12.3. The quantitative estimate of drug-likeness (QED) is 0.449. The summed E-state index contributed by atoms with van der Waals surface area (Å²) in [5.74, 6) is 3.93. The normalized spacial score (nSPS) is 50.3. The van der Waals surface area contributed by atoms with Crippen molar-refractivity contribution in [3.8, 4) is 12.3 Å². The Bertz CT molecular complexity index is 693. The van der Waals surface area contributed by atoms with Gasteiger partial charge in [-0.25, -0.2) is 5.26 Å². The van der Waals surface area contributed by atoms with E-state index in [-0.39, 0.29) is 17.1 Å². The lowest BCUT2D eigenvalue weighted by molar-refractivity contribution is -0.530. The van der Waals surface area contributed by atoms with Crippen LogP contribution in [0.5, 0.6) is 0 Å². The molecular weight excluding hydrogens is 332 g/mol. The van der Waals surface area contributed by atoms with Gasteiger partial charge in [0.15, 0.2) is 5.78 Å². The molecule has 1 unspecified atom stereocenters. The average Bonchev–Trinajstić information content (AvgIpc) is 2.88. The van der Waals surface area contributed by atoms with Crippen molar-refractivity contribution in [2.75, 3.05) is 0 Å². The molecule has 0 amide bonds. The van der Waals surface area contributed by atoms with Gasteiger partial charge in [-0.05, 0) is 73.8 Å². The van der Waals surface area contributed by atoms with Crippen LogP contribution in [-0.2, 0) is 14.7 Å². The van der Waals surface area contributed by atoms with Gasteiger partial charge in [0, 0.05) is 11.8 Å². The van der Waals surface area contributed by atoms with Crippen LogP contribution in [0.15, 0.2) is 11.6 Å². The second kappa shape index (κ2) is 5.90. The van der Waals surface area contributed by atoms with Crippen LogP contribution in [0.1, 0.15) is 58.8 Å². The van der Waals surface area contributed by atoms with E-state index in [9.17, 15) is 9.90 Å². The van der Waals surface area contributed by atoms with Crippen LogP contribution >= 0.6 is 0 Å². The molecule has 0 saturated heterocycles. The fraction of sp³-hybridized carbons (Fsp3) is 0.762. The Balaban J connectivity index is 1.77. The lowest BCUT2D eigenvalue weighted by atomic mass is 9.47. The second-order valence-electron chi connectivity index (χ2n) is 9.15. The van der Waals surface area contributed by atoms with Gasteiger partial charge in [0.25, 0.3) is 0 Å². The summed E-state index contributed by atoms with van der Waals surface area (Å²) in [4.78, 5) is 17.5. The Morgan fingerprint density at radius 1 is 1.27 bits per heavy atom. The van der Waals surface area contributed by atoms with Crippen molar-refractivity contribution in [1.82, 2.24) is 0 Å². The van der Waals surface area contributed by atoms with Crippen molar-refractivity contribution in [3.05, 3.63) is 11.6 Å². The molecule has 2 N–H and O–H groups in total. The molecule has 7 atom stereocenters. The third-order valence-corrected chi connectivity index (χ3v) is 8.33. The predicted octanol–water partition coefficient (Wildman–Crippen LogP) is 3.28. The molecule has 4 aliphatic rings. The zero-order chi connectivity index (χ0) is 18.7. The van der Waals surface area contributed by atoms with Gasteiger partial charge < -0.3 is 5.11 Å². The number of fused-ring (bicyclic) bond motifs is 5. The fourth-order valence-electron chi connectivity index (χ4n) is 7.01. The van der Waals surface area contributed by atoms with E-state index in [1.165, 1.54) is 0 Å². The fourth-order valence-corrected chi connectivity index (χ4v) is 7.01. The van der Waals surface area contributed by atoms with Crippen LogP contribution in [-0.4, -0.2) is 27.3 Å². The summed E-state index contributed by atoms with van der Waals surface area (Å²) in [7, 11) is 0. The first kappa shape index (κ1) is 18.2.